The summed E-state index contributed by atoms with van der Waals surface area (Å²) in [5.74, 6) is -0.733. The maximum Gasteiger partial charge on any atom is 0.251 e. The Morgan fingerprint density at radius 2 is 2.10 bits per heavy atom. The van der Waals surface area contributed by atoms with Crippen molar-refractivity contribution < 1.29 is 9.18 Å². The summed E-state index contributed by atoms with van der Waals surface area (Å²) in [5, 5.41) is 2.79. The van der Waals surface area contributed by atoms with Gasteiger partial charge in [-0.25, -0.2) is 4.39 Å². The molecule has 2 rings (SSSR count). The number of amides is 1. The van der Waals surface area contributed by atoms with Crippen LogP contribution in [0.4, 0.5) is 10.1 Å². The molecule has 0 radical (unpaired) electrons. The predicted octanol–water partition coefficient (Wildman–Crippen LogP) is 4.06. The van der Waals surface area contributed by atoms with Gasteiger partial charge in [0.2, 0.25) is 0 Å². The first-order valence-electron chi connectivity index (χ1n) is 6.16. The summed E-state index contributed by atoms with van der Waals surface area (Å²) in [7, 11) is 0. The number of carbonyl (C=O) groups is 1. The second-order valence-electron chi connectivity index (χ2n) is 4.60. The molecule has 0 aromatic heterocycles. The molecule has 0 saturated heterocycles. The van der Waals surface area contributed by atoms with Gasteiger partial charge in [-0.2, -0.15) is 0 Å². The van der Waals surface area contributed by atoms with Gasteiger partial charge in [0.1, 0.15) is 5.82 Å². The van der Waals surface area contributed by atoms with Crippen LogP contribution in [0.5, 0.6) is 0 Å². The minimum atomic E-state index is -0.484. The standard InChI is InChI=1S/C15H13BrClFN2O/c1-8-11(5-10(16)6-14(8)19)15(21)20-7-9-2-3-13(18)12(17)4-9/h2-6H,7,19H2,1H3,(H,20,21). The third-order valence-electron chi connectivity index (χ3n) is 3.09. The van der Waals surface area contributed by atoms with Gasteiger partial charge in [0.15, 0.2) is 0 Å². The molecule has 0 spiro atoms. The molecule has 0 aliphatic carbocycles. The number of hydrogen-bond donors (Lipinski definition) is 2. The maximum absolute atomic E-state index is 13.1. The van der Waals surface area contributed by atoms with Gasteiger partial charge in [0, 0.05) is 22.3 Å². The molecular formula is C15H13BrClFN2O. The van der Waals surface area contributed by atoms with Crippen LogP contribution in [0.1, 0.15) is 21.5 Å². The van der Waals surface area contributed by atoms with Crippen LogP contribution in [-0.2, 0) is 6.54 Å². The van der Waals surface area contributed by atoms with Gasteiger partial charge in [-0.05, 0) is 42.3 Å². The van der Waals surface area contributed by atoms with E-state index in [0.717, 1.165) is 10.0 Å². The number of carbonyl (C=O) groups excluding carboxylic acids is 1. The van der Waals surface area contributed by atoms with Crippen LogP contribution in [0.2, 0.25) is 5.02 Å². The van der Waals surface area contributed by atoms with Crippen LogP contribution in [0.3, 0.4) is 0 Å². The molecule has 110 valence electrons. The van der Waals surface area contributed by atoms with Crippen molar-refractivity contribution >= 4 is 39.1 Å². The lowest BCUT2D eigenvalue weighted by molar-refractivity contribution is 0.0950. The molecule has 0 atom stereocenters. The Kier molecular flexibility index (Phi) is 4.85. The highest BCUT2D eigenvalue weighted by molar-refractivity contribution is 9.10. The van der Waals surface area contributed by atoms with E-state index >= 15 is 0 Å². The maximum atomic E-state index is 13.1. The topological polar surface area (TPSA) is 55.1 Å². The highest BCUT2D eigenvalue weighted by Gasteiger charge is 2.12. The lowest BCUT2D eigenvalue weighted by atomic mass is 10.1. The third-order valence-corrected chi connectivity index (χ3v) is 3.84. The van der Waals surface area contributed by atoms with Crippen molar-refractivity contribution in [2.45, 2.75) is 13.5 Å². The number of hydrogen-bond acceptors (Lipinski definition) is 2. The van der Waals surface area contributed by atoms with Gasteiger partial charge < -0.3 is 11.1 Å². The second-order valence-corrected chi connectivity index (χ2v) is 5.92. The van der Waals surface area contributed by atoms with E-state index < -0.39 is 5.82 Å². The number of nitrogens with one attached hydrogen (secondary N) is 1. The summed E-state index contributed by atoms with van der Waals surface area (Å²) >= 11 is 9.01. The van der Waals surface area contributed by atoms with Crippen molar-refractivity contribution in [2.24, 2.45) is 0 Å². The molecule has 2 aromatic rings. The molecule has 1 amide bonds. The Labute approximate surface area is 135 Å². The first-order valence-corrected chi connectivity index (χ1v) is 7.33. The quantitative estimate of drug-likeness (QED) is 0.799. The molecule has 0 aliphatic rings. The Morgan fingerprint density at radius 3 is 2.76 bits per heavy atom. The van der Waals surface area contributed by atoms with Crippen molar-refractivity contribution in [3.05, 3.63) is 62.3 Å². The van der Waals surface area contributed by atoms with Gasteiger partial charge in [0.05, 0.1) is 5.02 Å². The average Bonchev–Trinajstić information content (AvgIpc) is 2.43. The molecule has 3 N–H and O–H groups in total. The van der Waals surface area contributed by atoms with E-state index in [2.05, 4.69) is 21.2 Å². The van der Waals surface area contributed by atoms with E-state index in [9.17, 15) is 9.18 Å². The van der Waals surface area contributed by atoms with Gasteiger partial charge in [-0.3, -0.25) is 4.79 Å². The Bertz CT molecular complexity index is 706. The normalized spacial score (nSPS) is 10.5. The SMILES string of the molecule is Cc1c(N)cc(Br)cc1C(=O)NCc1ccc(F)c(Cl)c1. The number of anilines is 1. The first-order chi connectivity index (χ1) is 9.88. The molecular weight excluding hydrogens is 359 g/mol. The number of rotatable bonds is 3. The summed E-state index contributed by atoms with van der Waals surface area (Å²) in [6.45, 7) is 2.04. The third kappa shape index (κ3) is 3.74. The summed E-state index contributed by atoms with van der Waals surface area (Å²) in [5.41, 5.74) is 8.30. The van der Waals surface area contributed by atoms with Crippen LogP contribution in [0.15, 0.2) is 34.8 Å². The zero-order valence-electron chi connectivity index (χ0n) is 11.2. The van der Waals surface area contributed by atoms with Crippen molar-refractivity contribution in [1.82, 2.24) is 5.32 Å². The monoisotopic (exact) mass is 370 g/mol. The smallest absolute Gasteiger partial charge is 0.251 e. The molecule has 6 heteroatoms. The largest absolute Gasteiger partial charge is 0.398 e. The van der Waals surface area contributed by atoms with Crippen LogP contribution in [0, 0.1) is 12.7 Å². The van der Waals surface area contributed by atoms with Crippen LogP contribution < -0.4 is 11.1 Å². The first kappa shape index (κ1) is 15.8. The Balaban J connectivity index is 2.13. The van der Waals surface area contributed by atoms with E-state index in [-0.39, 0.29) is 17.5 Å². The molecule has 0 heterocycles. The van der Waals surface area contributed by atoms with Crippen LogP contribution in [0.25, 0.3) is 0 Å². The van der Waals surface area contributed by atoms with Crippen molar-refractivity contribution in [1.29, 1.82) is 0 Å². The van der Waals surface area contributed by atoms with Gasteiger partial charge in [0.25, 0.3) is 5.91 Å². The fraction of sp³-hybridized carbons (Fsp3) is 0.133. The zero-order chi connectivity index (χ0) is 15.6. The highest BCUT2D eigenvalue weighted by atomic mass is 79.9. The number of benzene rings is 2. The lowest BCUT2D eigenvalue weighted by Gasteiger charge is -2.10. The number of halogens is 3. The number of nitrogen functional groups attached to an aromatic ring is 1. The number of nitrogens with two attached hydrogens (primary N) is 1. The van der Waals surface area contributed by atoms with Crippen molar-refractivity contribution in [3.63, 3.8) is 0 Å². The fourth-order valence-electron chi connectivity index (χ4n) is 1.86. The summed E-state index contributed by atoms with van der Waals surface area (Å²) in [6, 6.07) is 7.78. The van der Waals surface area contributed by atoms with E-state index in [1.807, 2.05) is 0 Å². The fourth-order valence-corrected chi connectivity index (χ4v) is 2.54. The van der Waals surface area contributed by atoms with E-state index in [0.29, 0.717) is 16.8 Å². The Hall–Kier alpha value is -1.59. The van der Waals surface area contributed by atoms with Crippen LogP contribution >= 0.6 is 27.5 Å². The Morgan fingerprint density at radius 1 is 1.38 bits per heavy atom. The van der Waals surface area contributed by atoms with Crippen molar-refractivity contribution in [3.8, 4) is 0 Å². The van der Waals surface area contributed by atoms with Gasteiger partial charge >= 0.3 is 0 Å². The van der Waals surface area contributed by atoms with Gasteiger partial charge in [-0.1, -0.05) is 33.6 Å². The van der Waals surface area contributed by atoms with E-state index in [1.54, 1.807) is 25.1 Å². The minimum Gasteiger partial charge on any atom is -0.398 e. The van der Waals surface area contributed by atoms with E-state index in [4.69, 9.17) is 17.3 Å². The molecule has 0 aliphatic heterocycles. The predicted molar refractivity (Wildman–Crippen MR) is 85.9 cm³/mol. The highest BCUT2D eigenvalue weighted by Crippen LogP contribution is 2.23. The lowest BCUT2D eigenvalue weighted by Crippen LogP contribution is -2.24. The molecule has 0 saturated carbocycles. The van der Waals surface area contributed by atoms with Crippen molar-refractivity contribution in [2.75, 3.05) is 5.73 Å². The summed E-state index contributed by atoms with van der Waals surface area (Å²) in [6.07, 6.45) is 0. The second kappa shape index (κ2) is 6.45. The molecule has 3 nitrogen and oxygen atoms in total. The molecule has 2 aromatic carbocycles. The molecule has 0 unspecified atom stereocenters. The van der Waals surface area contributed by atoms with E-state index in [1.165, 1.54) is 12.1 Å². The summed E-state index contributed by atoms with van der Waals surface area (Å²) < 4.78 is 13.8. The average molecular weight is 372 g/mol. The van der Waals surface area contributed by atoms with Gasteiger partial charge in [-0.15, -0.1) is 0 Å². The summed E-state index contributed by atoms with van der Waals surface area (Å²) in [4.78, 5) is 12.2. The molecule has 0 fully saturated rings. The molecule has 21 heavy (non-hydrogen) atoms. The van der Waals surface area contributed by atoms with Crippen LogP contribution in [-0.4, -0.2) is 5.91 Å². The minimum absolute atomic E-state index is 0.0321. The molecule has 0 bridgehead atoms. The zero-order valence-corrected chi connectivity index (χ0v) is 13.6.